The Bertz CT molecular complexity index is 414. The molecule has 0 aliphatic rings. The van der Waals surface area contributed by atoms with Gasteiger partial charge in [0.2, 0.25) is 0 Å². The summed E-state index contributed by atoms with van der Waals surface area (Å²) in [6, 6.07) is 1.84. The smallest absolute Gasteiger partial charge is 0.271 e. The third-order valence-corrected chi connectivity index (χ3v) is 1.78. The van der Waals surface area contributed by atoms with E-state index in [9.17, 15) is 9.59 Å². The van der Waals surface area contributed by atoms with Gasteiger partial charge in [0.25, 0.3) is 5.56 Å². The molecule has 62 valence electrons. The van der Waals surface area contributed by atoms with E-state index in [1.165, 1.54) is 0 Å². The highest BCUT2D eigenvalue weighted by molar-refractivity contribution is 7.99. The number of nitrogens with one attached hydrogen (secondary N) is 2. The van der Waals surface area contributed by atoms with E-state index in [2.05, 4.69) is 10.2 Å². The van der Waals surface area contributed by atoms with Gasteiger partial charge in [0.15, 0.2) is 5.03 Å². The van der Waals surface area contributed by atoms with Crippen molar-refractivity contribution in [3.63, 3.8) is 0 Å². The van der Waals surface area contributed by atoms with Crippen LogP contribution in [0.15, 0.2) is 14.6 Å². The lowest BCUT2D eigenvalue weighted by Gasteiger charge is -1.90. The lowest BCUT2D eigenvalue weighted by atomic mass is 10.8. The summed E-state index contributed by atoms with van der Waals surface area (Å²) < 4.78 is 0. The van der Waals surface area contributed by atoms with Gasteiger partial charge in [-0.2, -0.15) is 10.4 Å². The fraction of sp³-hybridized carbons (Fsp3) is 0.200. The van der Waals surface area contributed by atoms with Gasteiger partial charge >= 0.3 is 5.69 Å². The monoisotopic (exact) mass is 184 g/mol. The molecule has 7 heteroatoms. The van der Waals surface area contributed by atoms with Crippen LogP contribution in [0.1, 0.15) is 0 Å². The van der Waals surface area contributed by atoms with Crippen molar-refractivity contribution in [2.75, 3.05) is 5.75 Å². The fourth-order valence-corrected chi connectivity index (χ4v) is 1.03. The Kier molecular flexibility index (Phi) is 2.66. The summed E-state index contributed by atoms with van der Waals surface area (Å²) in [6.07, 6.45) is 0. The normalized spacial score (nSPS) is 9.25. The average molecular weight is 184 g/mol. The van der Waals surface area contributed by atoms with Gasteiger partial charge in [-0.15, -0.1) is 0 Å². The maximum absolute atomic E-state index is 10.9. The Labute approximate surface area is 70.6 Å². The van der Waals surface area contributed by atoms with Gasteiger partial charge in [-0.3, -0.25) is 9.78 Å². The van der Waals surface area contributed by atoms with E-state index in [0.717, 1.165) is 11.8 Å². The number of hydrogen-bond donors (Lipinski definition) is 2. The Morgan fingerprint density at radius 3 is 2.92 bits per heavy atom. The van der Waals surface area contributed by atoms with E-state index < -0.39 is 11.2 Å². The van der Waals surface area contributed by atoms with E-state index in [1.807, 2.05) is 11.1 Å². The topological polar surface area (TPSA) is 102 Å². The Hall–Kier alpha value is -1.55. The molecule has 1 heterocycles. The number of hydrogen-bond acceptors (Lipinski definition) is 5. The first-order valence-corrected chi connectivity index (χ1v) is 3.91. The molecule has 0 saturated carbocycles. The van der Waals surface area contributed by atoms with Crippen LogP contribution < -0.4 is 11.2 Å². The molecule has 0 bridgehead atoms. The van der Waals surface area contributed by atoms with Gasteiger partial charge in [-0.05, 0) is 0 Å². The molecule has 0 unspecified atom stereocenters. The zero-order valence-electron chi connectivity index (χ0n) is 5.83. The second kappa shape index (κ2) is 3.73. The number of aromatic nitrogens is 3. The van der Waals surface area contributed by atoms with E-state index in [-0.39, 0.29) is 10.8 Å². The van der Waals surface area contributed by atoms with Crippen molar-refractivity contribution in [3.8, 4) is 6.07 Å². The minimum atomic E-state index is -0.652. The summed E-state index contributed by atoms with van der Waals surface area (Å²) in [7, 11) is 0. The second-order valence-corrected chi connectivity index (χ2v) is 2.72. The number of rotatable bonds is 2. The number of aromatic amines is 2. The molecule has 0 fully saturated rings. The Morgan fingerprint density at radius 2 is 2.33 bits per heavy atom. The van der Waals surface area contributed by atoms with Crippen LogP contribution >= 0.6 is 11.8 Å². The fourth-order valence-electron chi connectivity index (χ4n) is 0.535. The predicted octanol–water partition coefficient (Wildman–Crippen LogP) is -0.926. The lowest BCUT2D eigenvalue weighted by Crippen LogP contribution is -2.25. The molecule has 0 saturated heterocycles. The first-order chi connectivity index (χ1) is 5.74. The first kappa shape index (κ1) is 8.55. The Balaban J connectivity index is 2.96. The van der Waals surface area contributed by atoms with E-state index in [0.29, 0.717) is 0 Å². The van der Waals surface area contributed by atoms with E-state index in [4.69, 9.17) is 5.26 Å². The molecule has 2 N–H and O–H groups in total. The standard InChI is InChI=1S/C5H4N4O2S/c6-1-2-12-4-3(10)7-5(11)9-8-4/h2H2,(H2,7,9,10,11). The molecular weight excluding hydrogens is 180 g/mol. The predicted molar refractivity (Wildman–Crippen MR) is 41.8 cm³/mol. The highest BCUT2D eigenvalue weighted by atomic mass is 32.2. The molecule has 1 aromatic rings. The van der Waals surface area contributed by atoms with Crippen LogP contribution in [-0.4, -0.2) is 20.9 Å². The van der Waals surface area contributed by atoms with Crippen LogP contribution in [0.25, 0.3) is 0 Å². The molecule has 0 aromatic carbocycles. The molecule has 6 nitrogen and oxygen atoms in total. The van der Waals surface area contributed by atoms with Crippen LogP contribution in [0.3, 0.4) is 0 Å². The van der Waals surface area contributed by atoms with Crippen LogP contribution in [0.4, 0.5) is 0 Å². The van der Waals surface area contributed by atoms with Crippen molar-refractivity contribution in [1.82, 2.24) is 15.2 Å². The number of H-pyrrole nitrogens is 2. The Morgan fingerprint density at radius 1 is 1.58 bits per heavy atom. The van der Waals surface area contributed by atoms with Crippen molar-refractivity contribution < 1.29 is 0 Å². The number of thioether (sulfide) groups is 1. The van der Waals surface area contributed by atoms with E-state index >= 15 is 0 Å². The average Bonchev–Trinajstić information content (AvgIpc) is 2.03. The van der Waals surface area contributed by atoms with Crippen LogP contribution in [-0.2, 0) is 0 Å². The van der Waals surface area contributed by atoms with Crippen LogP contribution in [0.5, 0.6) is 0 Å². The summed E-state index contributed by atoms with van der Waals surface area (Å²) in [4.78, 5) is 23.3. The largest absolute Gasteiger partial charge is 0.342 e. The van der Waals surface area contributed by atoms with Crippen molar-refractivity contribution in [2.24, 2.45) is 0 Å². The summed E-state index contributed by atoms with van der Waals surface area (Å²) in [6.45, 7) is 0. The molecule has 1 aromatic heterocycles. The highest BCUT2D eigenvalue weighted by Gasteiger charge is 2.00. The molecule has 0 aliphatic carbocycles. The minimum Gasteiger partial charge on any atom is -0.271 e. The van der Waals surface area contributed by atoms with Crippen molar-refractivity contribution >= 4 is 11.8 Å². The van der Waals surface area contributed by atoms with Gasteiger partial charge < -0.3 is 0 Å². The third-order valence-electron chi connectivity index (χ3n) is 0.954. The number of nitrogens with zero attached hydrogens (tertiary/aromatic N) is 2. The molecule has 0 radical (unpaired) electrons. The summed E-state index contributed by atoms with van der Waals surface area (Å²) in [5.74, 6) is 0.127. The second-order valence-electron chi connectivity index (χ2n) is 1.76. The zero-order chi connectivity index (χ0) is 8.97. The van der Waals surface area contributed by atoms with Gasteiger partial charge in [0.05, 0.1) is 11.8 Å². The minimum absolute atomic E-state index is 0.0937. The maximum Gasteiger partial charge on any atom is 0.342 e. The van der Waals surface area contributed by atoms with Crippen LogP contribution in [0.2, 0.25) is 0 Å². The van der Waals surface area contributed by atoms with Crippen LogP contribution in [0, 0.1) is 11.3 Å². The third kappa shape index (κ3) is 1.96. The van der Waals surface area contributed by atoms with Crippen molar-refractivity contribution in [2.45, 2.75) is 5.03 Å². The number of nitriles is 1. The van der Waals surface area contributed by atoms with Crippen molar-refractivity contribution in [1.29, 1.82) is 5.26 Å². The zero-order valence-corrected chi connectivity index (χ0v) is 6.64. The molecular formula is C5H4N4O2S. The summed E-state index contributed by atoms with van der Waals surface area (Å²) >= 11 is 0.970. The molecule has 12 heavy (non-hydrogen) atoms. The quantitative estimate of drug-likeness (QED) is 0.578. The molecule has 1 rings (SSSR count). The summed E-state index contributed by atoms with van der Waals surface area (Å²) in [5.41, 5.74) is -1.22. The first-order valence-electron chi connectivity index (χ1n) is 2.93. The van der Waals surface area contributed by atoms with Gasteiger partial charge in [0, 0.05) is 0 Å². The molecule has 0 atom stereocenters. The maximum atomic E-state index is 10.9. The lowest BCUT2D eigenvalue weighted by molar-refractivity contribution is 0.807. The SMILES string of the molecule is N#CCSc1n[nH]c(=O)[nH]c1=O. The molecule has 0 aliphatic heterocycles. The molecule has 0 amide bonds. The van der Waals surface area contributed by atoms with Crippen molar-refractivity contribution in [3.05, 3.63) is 20.8 Å². The molecule has 0 spiro atoms. The highest BCUT2D eigenvalue weighted by Crippen LogP contribution is 2.05. The summed E-state index contributed by atoms with van der Waals surface area (Å²) in [5, 5.41) is 13.8. The van der Waals surface area contributed by atoms with Gasteiger partial charge in [-0.1, -0.05) is 11.8 Å². The van der Waals surface area contributed by atoms with E-state index in [1.54, 1.807) is 0 Å². The van der Waals surface area contributed by atoms with Gasteiger partial charge in [-0.25, -0.2) is 9.89 Å². The van der Waals surface area contributed by atoms with Gasteiger partial charge in [0.1, 0.15) is 0 Å².